The molecule has 0 aliphatic carbocycles. The number of rotatable bonds is 9. The van der Waals surface area contributed by atoms with E-state index in [9.17, 15) is 27.0 Å². The Morgan fingerprint density at radius 1 is 0.556 bits per heavy atom. The van der Waals surface area contributed by atoms with Crippen LogP contribution in [0.3, 0.4) is 0 Å². The summed E-state index contributed by atoms with van der Waals surface area (Å²) in [6, 6.07) is 22.8. The molecular formula is C26H22O8S2. The van der Waals surface area contributed by atoms with Crippen LogP contribution in [0.5, 0.6) is 23.0 Å². The van der Waals surface area contributed by atoms with Crippen molar-refractivity contribution in [3.63, 3.8) is 0 Å². The summed E-state index contributed by atoms with van der Waals surface area (Å²) in [6.07, 6.45) is 0. The minimum atomic E-state index is -3.89. The normalized spacial score (nSPS) is 11.7. The Balaban J connectivity index is 1.40. The van der Waals surface area contributed by atoms with Crippen molar-refractivity contribution < 1.29 is 36.5 Å². The topological polar surface area (TPSA) is 127 Å². The number of sulfone groups is 2. The third-order valence-electron chi connectivity index (χ3n) is 5.18. The Labute approximate surface area is 208 Å². The van der Waals surface area contributed by atoms with Crippen LogP contribution in [0.15, 0.2) is 117 Å². The predicted molar refractivity (Wildman–Crippen MR) is 131 cm³/mol. The number of benzene rings is 4. The van der Waals surface area contributed by atoms with E-state index in [2.05, 4.69) is 0 Å². The molecule has 2 N–H and O–H groups in total. The maximum Gasteiger partial charge on any atom is 0.210 e. The quantitative estimate of drug-likeness (QED) is 0.310. The van der Waals surface area contributed by atoms with Gasteiger partial charge >= 0.3 is 0 Å². The van der Waals surface area contributed by atoms with E-state index in [1.165, 1.54) is 84.9 Å². The average Bonchev–Trinajstić information content (AvgIpc) is 2.87. The number of phenolic OH excluding ortho intramolecular Hbond substituents is 2. The molecule has 0 fully saturated rings. The Hall–Kier alpha value is -4.02. The SMILES string of the molecule is O=S(=O)(c1ccc(OCCOc2ccccc2S(=O)(=O)c2ccc(O)cc2)cc1)c1ccccc1O. The van der Waals surface area contributed by atoms with Crippen LogP contribution >= 0.6 is 0 Å². The molecule has 0 aliphatic rings. The summed E-state index contributed by atoms with van der Waals surface area (Å²) < 4.78 is 62.7. The van der Waals surface area contributed by atoms with E-state index in [1.54, 1.807) is 12.1 Å². The third kappa shape index (κ3) is 5.29. The summed E-state index contributed by atoms with van der Waals surface area (Å²) in [4.78, 5) is -0.185. The molecule has 0 amide bonds. The first-order valence-corrected chi connectivity index (χ1v) is 13.7. The van der Waals surface area contributed by atoms with Crippen LogP contribution in [0.2, 0.25) is 0 Å². The molecule has 0 saturated carbocycles. The Morgan fingerprint density at radius 3 is 1.69 bits per heavy atom. The highest BCUT2D eigenvalue weighted by molar-refractivity contribution is 7.92. The van der Waals surface area contributed by atoms with Gasteiger partial charge in [0.1, 0.15) is 46.0 Å². The molecule has 4 aromatic carbocycles. The molecule has 4 rings (SSSR count). The Morgan fingerprint density at radius 2 is 1.06 bits per heavy atom. The van der Waals surface area contributed by atoms with Gasteiger partial charge in [-0.1, -0.05) is 24.3 Å². The van der Waals surface area contributed by atoms with Crippen molar-refractivity contribution in [3.05, 3.63) is 97.1 Å². The number of para-hydroxylation sites is 2. The van der Waals surface area contributed by atoms with Crippen molar-refractivity contribution in [3.8, 4) is 23.0 Å². The highest BCUT2D eigenvalue weighted by Gasteiger charge is 2.23. The van der Waals surface area contributed by atoms with E-state index in [0.717, 1.165) is 0 Å². The fourth-order valence-corrected chi connectivity index (χ4v) is 6.13. The molecule has 4 aromatic rings. The first-order chi connectivity index (χ1) is 17.2. The Kier molecular flexibility index (Phi) is 7.18. The molecule has 0 bridgehead atoms. The van der Waals surface area contributed by atoms with Gasteiger partial charge in [-0.05, 0) is 72.8 Å². The molecule has 0 atom stereocenters. The van der Waals surface area contributed by atoms with Gasteiger partial charge in [-0.15, -0.1) is 0 Å². The molecule has 0 spiro atoms. The summed E-state index contributed by atoms with van der Waals surface area (Å²) >= 11 is 0. The highest BCUT2D eigenvalue weighted by Crippen LogP contribution is 2.31. The second kappa shape index (κ2) is 10.3. The van der Waals surface area contributed by atoms with Gasteiger partial charge in [-0.25, -0.2) is 16.8 Å². The second-order valence-electron chi connectivity index (χ2n) is 7.58. The first kappa shape index (κ1) is 25.1. The smallest absolute Gasteiger partial charge is 0.210 e. The summed E-state index contributed by atoms with van der Waals surface area (Å²) in [5, 5.41) is 19.3. The minimum Gasteiger partial charge on any atom is -0.508 e. The molecule has 0 aliphatic heterocycles. The maximum atomic E-state index is 13.0. The van der Waals surface area contributed by atoms with E-state index in [1.807, 2.05) is 0 Å². The molecule has 0 heterocycles. The van der Waals surface area contributed by atoms with E-state index < -0.39 is 19.7 Å². The van der Waals surface area contributed by atoms with Crippen LogP contribution in [-0.2, 0) is 19.7 Å². The number of hydrogen-bond acceptors (Lipinski definition) is 8. The molecule has 0 aromatic heterocycles. The van der Waals surface area contributed by atoms with Gasteiger partial charge in [0.25, 0.3) is 0 Å². The van der Waals surface area contributed by atoms with Crippen LogP contribution in [0, 0.1) is 0 Å². The van der Waals surface area contributed by atoms with Gasteiger partial charge in [0.15, 0.2) is 0 Å². The van der Waals surface area contributed by atoms with E-state index in [0.29, 0.717) is 5.75 Å². The van der Waals surface area contributed by atoms with Crippen molar-refractivity contribution in [1.29, 1.82) is 0 Å². The van der Waals surface area contributed by atoms with Gasteiger partial charge in [-0.3, -0.25) is 0 Å². The van der Waals surface area contributed by atoms with E-state index in [-0.39, 0.29) is 50.0 Å². The summed E-state index contributed by atoms with van der Waals surface area (Å²) in [6.45, 7) is 0.0964. The molecule has 0 radical (unpaired) electrons. The fourth-order valence-electron chi connectivity index (χ4n) is 3.38. The van der Waals surface area contributed by atoms with Crippen molar-refractivity contribution in [1.82, 2.24) is 0 Å². The number of phenols is 2. The average molecular weight is 527 g/mol. The summed E-state index contributed by atoms with van der Waals surface area (Å²) in [5.74, 6) is 0.167. The zero-order valence-electron chi connectivity index (χ0n) is 18.8. The largest absolute Gasteiger partial charge is 0.508 e. The predicted octanol–water partition coefficient (Wildman–Crippen LogP) is 4.22. The van der Waals surface area contributed by atoms with Gasteiger partial charge in [-0.2, -0.15) is 0 Å². The summed E-state index contributed by atoms with van der Waals surface area (Å²) in [7, 11) is -7.76. The van der Waals surface area contributed by atoms with E-state index >= 15 is 0 Å². The van der Waals surface area contributed by atoms with Crippen molar-refractivity contribution in [2.75, 3.05) is 13.2 Å². The molecule has 0 unspecified atom stereocenters. The van der Waals surface area contributed by atoms with Gasteiger partial charge in [0, 0.05) is 0 Å². The first-order valence-electron chi connectivity index (χ1n) is 10.7. The van der Waals surface area contributed by atoms with Gasteiger partial charge in [0.2, 0.25) is 19.7 Å². The molecular weight excluding hydrogens is 504 g/mol. The molecule has 8 nitrogen and oxygen atoms in total. The van der Waals surface area contributed by atoms with Crippen LogP contribution in [0.4, 0.5) is 0 Å². The standard InChI is InChI=1S/C26H22O8S2/c27-19-9-13-21(14-10-19)36(31,32)26-8-4-2-6-24(26)34-18-17-33-20-11-15-22(16-12-20)35(29,30)25-7-3-1-5-23(25)28/h1-16,27-28H,17-18H2. The van der Waals surface area contributed by atoms with Crippen LogP contribution in [0.25, 0.3) is 0 Å². The van der Waals surface area contributed by atoms with Gasteiger partial charge in [0.05, 0.1) is 9.79 Å². The summed E-state index contributed by atoms with van der Waals surface area (Å²) in [5.41, 5.74) is 0. The fraction of sp³-hybridized carbons (Fsp3) is 0.0769. The lowest BCUT2D eigenvalue weighted by Crippen LogP contribution is -2.12. The lowest BCUT2D eigenvalue weighted by molar-refractivity contribution is 0.213. The highest BCUT2D eigenvalue weighted by atomic mass is 32.2. The lowest BCUT2D eigenvalue weighted by Gasteiger charge is -2.13. The lowest BCUT2D eigenvalue weighted by atomic mass is 10.3. The number of ether oxygens (including phenoxy) is 2. The molecule has 0 saturated heterocycles. The van der Waals surface area contributed by atoms with Crippen LogP contribution in [0.1, 0.15) is 0 Å². The second-order valence-corrected chi connectivity index (χ2v) is 11.4. The maximum absolute atomic E-state index is 13.0. The molecule has 186 valence electrons. The Bertz CT molecular complexity index is 1560. The molecule has 36 heavy (non-hydrogen) atoms. The number of hydrogen-bond donors (Lipinski definition) is 2. The zero-order chi connectivity index (χ0) is 25.8. The van der Waals surface area contributed by atoms with Crippen molar-refractivity contribution in [2.24, 2.45) is 0 Å². The minimum absolute atomic E-state index is 0.000893. The van der Waals surface area contributed by atoms with Crippen LogP contribution in [-0.4, -0.2) is 40.3 Å². The number of aromatic hydroxyl groups is 2. The monoisotopic (exact) mass is 526 g/mol. The zero-order valence-corrected chi connectivity index (χ0v) is 20.4. The van der Waals surface area contributed by atoms with Crippen molar-refractivity contribution >= 4 is 19.7 Å². The van der Waals surface area contributed by atoms with Crippen molar-refractivity contribution in [2.45, 2.75) is 19.6 Å². The molecule has 10 heteroatoms. The van der Waals surface area contributed by atoms with Gasteiger partial charge < -0.3 is 19.7 Å². The van der Waals surface area contributed by atoms with E-state index in [4.69, 9.17) is 9.47 Å². The van der Waals surface area contributed by atoms with Crippen LogP contribution < -0.4 is 9.47 Å². The third-order valence-corrected chi connectivity index (χ3v) is 8.81.